The molecule has 0 aromatic carbocycles. The second-order valence-corrected chi connectivity index (χ2v) is 2.81. The Morgan fingerprint density at radius 3 is 3.15 bits per heavy atom. The van der Waals surface area contributed by atoms with E-state index in [1.807, 2.05) is 19.1 Å². The van der Waals surface area contributed by atoms with Crippen LogP contribution in [0.3, 0.4) is 0 Å². The van der Waals surface area contributed by atoms with E-state index in [9.17, 15) is 4.79 Å². The molecule has 0 atom stereocenters. The number of hydrogen-bond donors (Lipinski definition) is 0. The summed E-state index contributed by atoms with van der Waals surface area (Å²) in [6.07, 6.45) is 2.53. The highest BCUT2D eigenvalue weighted by Crippen LogP contribution is 2.13. The van der Waals surface area contributed by atoms with E-state index in [0.29, 0.717) is 12.2 Å². The van der Waals surface area contributed by atoms with E-state index < -0.39 is 0 Å². The van der Waals surface area contributed by atoms with Gasteiger partial charge in [0, 0.05) is 17.3 Å². The van der Waals surface area contributed by atoms with Gasteiger partial charge in [-0.05, 0) is 19.1 Å². The van der Waals surface area contributed by atoms with Gasteiger partial charge >= 0.3 is 0 Å². The number of aryl methyl sites for hydroxylation is 1. The third-order valence-electron chi connectivity index (χ3n) is 2.03. The highest BCUT2D eigenvalue weighted by Gasteiger charge is 2.05. The molecule has 4 nitrogen and oxygen atoms in total. The minimum atomic E-state index is 0.294. The number of carbonyl (C=O) groups is 1. The summed E-state index contributed by atoms with van der Waals surface area (Å²) >= 11 is 0. The quantitative estimate of drug-likeness (QED) is 0.638. The van der Waals surface area contributed by atoms with Crippen LogP contribution < -0.4 is 0 Å². The Bertz CT molecular complexity index is 447. The predicted molar refractivity (Wildman–Crippen MR) is 48.3 cm³/mol. The monoisotopic (exact) mass is 175 g/mol. The molecule has 2 rings (SSSR count). The van der Waals surface area contributed by atoms with Crippen molar-refractivity contribution in [2.75, 3.05) is 0 Å². The Hall–Kier alpha value is -1.71. The van der Waals surface area contributed by atoms with E-state index in [1.54, 1.807) is 10.9 Å². The number of carbonyl (C=O) groups excluding carboxylic acids is 1. The number of rotatable bonds is 2. The van der Waals surface area contributed by atoms with Gasteiger partial charge in [-0.2, -0.15) is 5.10 Å². The number of nitrogens with zero attached hydrogens (tertiary/aromatic N) is 3. The van der Waals surface area contributed by atoms with Crippen LogP contribution in [0.1, 0.15) is 5.69 Å². The molecule has 66 valence electrons. The number of aldehydes is 1. The molecule has 2 heterocycles. The summed E-state index contributed by atoms with van der Waals surface area (Å²) < 4.78 is 1.66. The third-order valence-corrected chi connectivity index (χ3v) is 2.03. The molecule has 0 bridgehead atoms. The highest BCUT2D eigenvalue weighted by atomic mass is 16.1. The topological polar surface area (TPSA) is 47.8 Å². The Morgan fingerprint density at radius 2 is 2.46 bits per heavy atom. The van der Waals surface area contributed by atoms with E-state index in [1.165, 1.54) is 0 Å². The summed E-state index contributed by atoms with van der Waals surface area (Å²) in [5.74, 6) is 0. The van der Waals surface area contributed by atoms with E-state index in [0.717, 1.165) is 17.4 Å². The van der Waals surface area contributed by atoms with Gasteiger partial charge < -0.3 is 4.79 Å². The lowest BCUT2D eigenvalue weighted by Gasteiger charge is -1.95. The molecule has 0 aliphatic rings. The molecule has 0 spiro atoms. The maximum atomic E-state index is 10.3. The van der Waals surface area contributed by atoms with Crippen molar-refractivity contribution in [2.45, 2.75) is 13.5 Å². The van der Waals surface area contributed by atoms with Crippen LogP contribution in [0.5, 0.6) is 0 Å². The molecule has 0 aliphatic heterocycles. The highest BCUT2D eigenvalue weighted by molar-refractivity contribution is 5.77. The molecule has 0 aliphatic carbocycles. The van der Waals surface area contributed by atoms with Gasteiger partial charge in [-0.25, -0.2) is 4.98 Å². The molecule has 2 aromatic heterocycles. The summed E-state index contributed by atoms with van der Waals surface area (Å²) in [6.45, 7) is 2.22. The molecular formula is C9H9N3O. The molecule has 0 N–H and O–H groups in total. The fourth-order valence-corrected chi connectivity index (χ4v) is 1.34. The van der Waals surface area contributed by atoms with E-state index in [2.05, 4.69) is 10.1 Å². The van der Waals surface area contributed by atoms with Gasteiger partial charge in [0.15, 0.2) is 5.65 Å². The van der Waals surface area contributed by atoms with Crippen molar-refractivity contribution in [3.05, 3.63) is 24.0 Å². The molecule has 0 unspecified atom stereocenters. The zero-order valence-electron chi connectivity index (χ0n) is 7.27. The lowest BCUT2D eigenvalue weighted by molar-refractivity contribution is -0.108. The maximum Gasteiger partial charge on any atom is 0.181 e. The fraction of sp³-hybridized carbons (Fsp3) is 0.222. The summed E-state index contributed by atoms with van der Waals surface area (Å²) in [5, 5.41) is 5.18. The SMILES string of the molecule is Cc1c2cccnc2nn1CC=O. The van der Waals surface area contributed by atoms with Crippen LogP contribution in [-0.4, -0.2) is 21.1 Å². The summed E-state index contributed by atoms with van der Waals surface area (Å²) in [5.41, 5.74) is 1.68. The number of pyridine rings is 1. The molecule has 0 amide bonds. The minimum absolute atomic E-state index is 0.294. The van der Waals surface area contributed by atoms with Crippen molar-refractivity contribution >= 4 is 17.3 Å². The first kappa shape index (κ1) is 7.91. The van der Waals surface area contributed by atoms with Crippen molar-refractivity contribution in [1.82, 2.24) is 14.8 Å². The van der Waals surface area contributed by atoms with Crippen LogP contribution in [0.15, 0.2) is 18.3 Å². The van der Waals surface area contributed by atoms with Crippen LogP contribution >= 0.6 is 0 Å². The zero-order chi connectivity index (χ0) is 9.26. The fourth-order valence-electron chi connectivity index (χ4n) is 1.34. The molecular weight excluding hydrogens is 166 g/mol. The number of fused-ring (bicyclic) bond motifs is 1. The Labute approximate surface area is 75.2 Å². The Balaban J connectivity index is 2.66. The molecule has 0 fully saturated rings. The van der Waals surface area contributed by atoms with Gasteiger partial charge in [0.2, 0.25) is 0 Å². The number of hydrogen-bond acceptors (Lipinski definition) is 3. The molecule has 0 saturated carbocycles. The zero-order valence-corrected chi connectivity index (χ0v) is 7.27. The van der Waals surface area contributed by atoms with Crippen molar-refractivity contribution in [3.63, 3.8) is 0 Å². The Morgan fingerprint density at radius 1 is 1.62 bits per heavy atom. The molecule has 13 heavy (non-hydrogen) atoms. The van der Waals surface area contributed by atoms with Gasteiger partial charge in [0.25, 0.3) is 0 Å². The molecule has 0 saturated heterocycles. The number of aromatic nitrogens is 3. The van der Waals surface area contributed by atoms with Gasteiger partial charge in [-0.15, -0.1) is 0 Å². The van der Waals surface area contributed by atoms with E-state index in [-0.39, 0.29) is 0 Å². The lowest BCUT2D eigenvalue weighted by atomic mass is 10.3. The van der Waals surface area contributed by atoms with Gasteiger partial charge in [0.1, 0.15) is 6.29 Å². The second-order valence-electron chi connectivity index (χ2n) is 2.81. The summed E-state index contributed by atoms with van der Waals surface area (Å²) in [7, 11) is 0. The average Bonchev–Trinajstić information content (AvgIpc) is 2.46. The van der Waals surface area contributed by atoms with E-state index in [4.69, 9.17) is 0 Å². The first-order chi connectivity index (χ1) is 6.33. The van der Waals surface area contributed by atoms with E-state index >= 15 is 0 Å². The standard InChI is InChI=1S/C9H9N3O/c1-7-8-3-2-4-10-9(8)11-12(7)5-6-13/h2-4,6H,5H2,1H3. The molecule has 2 aromatic rings. The molecule has 4 heteroatoms. The Kier molecular flexibility index (Phi) is 1.81. The predicted octanol–water partition coefficient (Wildman–Crippen LogP) is 0.939. The third kappa shape index (κ3) is 1.20. The van der Waals surface area contributed by atoms with Crippen molar-refractivity contribution in [1.29, 1.82) is 0 Å². The smallest absolute Gasteiger partial charge is 0.181 e. The summed E-state index contributed by atoms with van der Waals surface area (Å²) in [4.78, 5) is 14.4. The molecule has 0 radical (unpaired) electrons. The van der Waals surface area contributed by atoms with Gasteiger partial charge in [-0.3, -0.25) is 4.68 Å². The summed E-state index contributed by atoms with van der Waals surface area (Å²) in [6, 6.07) is 3.81. The second kappa shape index (κ2) is 2.97. The van der Waals surface area contributed by atoms with Crippen molar-refractivity contribution < 1.29 is 4.79 Å². The first-order valence-electron chi connectivity index (χ1n) is 4.04. The first-order valence-corrected chi connectivity index (χ1v) is 4.04. The van der Waals surface area contributed by atoms with Crippen molar-refractivity contribution in [3.8, 4) is 0 Å². The van der Waals surface area contributed by atoms with Crippen molar-refractivity contribution in [2.24, 2.45) is 0 Å². The normalized spacial score (nSPS) is 10.5. The van der Waals surface area contributed by atoms with Crippen LogP contribution in [0, 0.1) is 6.92 Å². The van der Waals surface area contributed by atoms with Crippen LogP contribution in [0.2, 0.25) is 0 Å². The lowest BCUT2D eigenvalue weighted by Crippen LogP contribution is -2.02. The van der Waals surface area contributed by atoms with Gasteiger partial charge in [-0.1, -0.05) is 0 Å². The van der Waals surface area contributed by atoms with Crippen LogP contribution in [0.4, 0.5) is 0 Å². The maximum absolute atomic E-state index is 10.3. The largest absolute Gasteiger partial charge is 0.301 e. The van der Waals surface area contributed by atoms with Crippen LogP contribution in [0.25, 0.3) is 11.0 Å². The van der Waals surface area contributed by atoms with Gasteiger partial charge in [0.05, 0.1) is 6.54 Å². The van der Waals surface area contributed by atoms with Crippen LogP contribution in [-0.2, 0) is 11.3 Å². The minimum Gasteiger partial charge on any atom is -0.301 e. The average molecular weight is 175 g/mol.